The summed E-state index contributed by atoms with van der Waals surface area (Å²) in [5, 5.41) is 0. The van der Waals surface area contributed by atoms with Gasteiger partial charge in [-0.2, -0.15) is 0 Å². The van der Waals surface area contributed by atoms with Crippen LogP contribution in [0.5, 0.6) is 17.2 Å². The van der Waals surface area contributed by atoms with Gasteiger partial charge in [-0.1, -0.05) is 24.3 Å². The fourth-order valence-electron chi connectivity index (χ4n) is 1.81. The first kappa shape index (κ1) is 14.4. The fraction of sp³-hybridized carbons (Fsp3) is 0.294. The predicted molar refractivity (Wildman–Crippen MR) is 79.7 cm³/mol. The Balaban J connectivity index is 2.07. The van der Waals surface area contributed by atoms with Gasteiger partial charge in [0.2, 0.25) is 0 Å². The Morgan fingerprint density at radius 1 is 0.900 bits per heavy atom. The molecule has 20 heavy (non-hydrogen) atoms. The zero-order chi connectivity index (χ0) is 14.2. The largest absolute Gasteiger partial charge is 0.490 e. The van der Waals surface area contributed by atoms with Crippen molar-refractivity contribution >= 4 is 0 Å². The van der Waals surface area contributed by atoms with Gasteiger partial charge in [0, 0.05) is 20.1 Å². The topological polar surface area (TPSA) is 27.7 Å². The van der Waals surface area contributed by atoms with Gasteiger partial charge in [0.15, 0.2) is 11.5 Å². The van der Waals surface area contributed by atoms with Gasteiger partial charge >= 0.3 is 0 Å². The molecule has 3 nitrogen and oxygen atoms in total. The van der Waals surface area contributed by atoms with Crippen molar-refractivity contribution in [1.82, 2.24) is 0 Å². The highest BCUT2D eigenvalue weighted by atomic mass is 16.5. The number of benzene rings is 2. The first-order chi connectivity index (χ1) is 9.79. The van der Waals surface area contributed by atoms with E-state index in [0.29, 0.717) is 13.2 Å². The van der Waals surface area contributed by atoms with Crippen LogP contribution in [0.3, 0.4) is 0 Å². The van der Waals surface area contributed by atoms with Crippen LogP contribution in [0.2, 0.25) is 0 Å². The minimum atomic E-state index is 0.614. The summed E-state index contributed by atoms with van der Waals surface area (Å²) in [7, 11) is 1.69. The molecule has 0 bridgehead atoms. The minimum absolute atomic E-state index is 0.614. The molecule has 3 heteroatoms. The summed E-state index contributed by atoms with van der Waals surface area (Å²) in [6.45, 7) is 3.34. The monoisotopic (exact) mass is 272 g/mol. The molecule has 0 heterocycles. The molecule has 0 unspecified atom stereocenters. The molecule has 0 aliphatic carbocycles. The maximum Gasteiger partial charge on any atom is 0.169 e. The molecule has 0 amide bonds. The first-order valence-corrected chi connectivity index (χ1v) is 6.75. The molecule has 0 radical (unpaired) electrons. The Morgan fingerprint density at radius 3 is 2.45 bits per heavy atom. The molecule has 0 N–H and O–H groups in total. The van der Waals surface area contributed by atoms with Gasteiger partial charge in [-0.25, -0.2) is 0 Å². The summed E-state index contributed by atoms with van der Waals surface area (Å²) in [6, 6.07) is 15.7. The van der Waals surface area contributed by atoms with Crippen LogP contribution in [0.4, 0.5) is 0 Å². The highest BCUT2D eigenvalue weighted by Crippen LogP contribution is 2.32. The summed E-state index contributed by atoms with van der Waals surface area (Å²) < 4.78 is 16.7. The standard InChI is InChI=1S/C17H20O3/c1-14-9-10-16(20-15-7-4-3-5-8-15)17(13-14)19-12-6-11-18-2/h3-5,7-10,13H,6,11-12H2,1-2H3. The molecule has 2 aromatic rings. The van der Waals surface area contributed by atoms with Crippen LogP contribution in [0.25, 0.3) is 0 Å². The van der Waals surface area contributed by atoms with Crippen molar-refractivity contribution in [2.45, 2.75) is 13.3 Å². The average molecular weight is 272 g/mol. The summed E-state index contributed by atoms with van der Waals surface area (Å²) in [5.41, 5.74) is 1.15. The lowest BCUT2D eigenvalue weighted by molar-refractivity contribution is 0.171. The average Bonchev–Trinajstić information content (AvgIpc) is 2.47. The van der Waals surface area contributed by atoms with Crippen LogP contribution in [0.15, 0.2) is 48.5 Å². The second kappa shape index (κ2) is 7.56. The lowest BCUT2D eigenvalue weighted by Gasteiger charge is -2.13. The van der Waals surface area contributed by atoms with Crippen molar-refractivity contribution in [2.24, 2.45) is 0 Å². The molecule has 0 spiro atoms. The maximum atomic E-state index is 5.87. The van der Waals surface area contributed by atoms with Crippen LogP contribution in [0, 0.1) is 6.92 Å². The third-order valence-corrected chi connectivity index (χ3v) is 2.82. The third-order valence-electron chi connectivity index (χ3n) is 2.82. The van der Waals surface area contributed by atoms with E-state index < -0.39 is 0 Å². The van der Waals surface area contributed by atoms with Crippen molar-refractivity contribution in [3.8, 4) is 17.2 Å². The number of hydrogen-bond acceptors (Lipinski definition) is 3. The molecule has 0 atom stereocenters. The Hall–Kier alpha value is -2.00. The van der Waals surface area contributed by atoms with E-state index in [-0.39, 0.29) is 0 Å². The quantitative estimate of drug-likeness (QED) is 0.707. The van der Waals surface area contributed by atoms with Gasteiger partial charge in [0.1, 0.15) is 5.75 Å². The Bertz CT molecular complexity index is 523. The molecule has 0 fully saturated rings. The van der Waals surface area contributed by atoms with Crippen LogP contribution in [-0.2, 0) is 4.74 Å². The van der Waals surface area contributed by atoms with Crippen molar-refractivity contribution in [1.29, 1.82) is 0 Å². The second-order valence-electron chi connectivity index (χ2n) is 4.56. The number of ether oxygens (including phenoxy) is 3. The van der Waals surface area contributed by atoms with E-state index in [1.807, 2.05) is 55.5 Å². The smallest absolute Gasteiger partial charge is 0.169 e. The molecule has 0 aromatic heterocycles. The lowest BCUT2D eigenvalue weighted by atomic mass is 10.2. The molecule has 0 aliphatic rings. The molecule has 106 valence electrons. The fourth-order valence-corrected chi connectivity index (χ4v) is 1.81. The molecule has 2 rings (SSSR count). The van der Waals surface area contributed by atoms with Crippen molar-refractivity contribution in [3.63, 3.8) is 0 Å². The first-order valence-electron chi connectivity index (χ1n) is 6.75. The molecule has 0 aliphatic heterocycles. The minimum Gasteiger partial charge on any atom is -0.490 e. The van der Waals surface area contributed by atoms with E-state index in [1.54, 1.807) is 7.11 Å². The predicted octanol–water partition coefficient (Wildman–Crippen LogP) is 4.20. The van der Waals surface area contributed by atoms with Gasteiger partial charge in [-0.3, -0.25) is 0 Å². The summed E-state index contributed by atoms with van der Waals surface area (Å²) in [5.74, 6) is 2.31. The second-order valence-corrected chi connectivity index (χ2v) is 4.56. The molecular formula is C17H20O3. The Kier molecular flexibility index (Phi) is 5.44. The van der Waals surface area contributed by atoms with E-state index >= 15 is 0 Å². The number of aryl methyl sites for hydroxylation is 1. The van der Waals surface area contributed by atoms with Crippen LogP contribution >= 0.6 is 0 Å². The number of hydrogen-bond donors (Lipinski definition) is 0. The summed E-state index contributed by atoms with van der Waals surface area (Å²) in [6.07, 6.45) is 0.856. The van der Waals surface area contributed by atoms with E-state index in [1.165, 1.54) is 0 Å². The lowest BCUT2D eigenvalue weighted by Crippen LogP contribution is -2.02. The van der Waals surface area contributed by atoms with Gasteiger partial charge in [-0.15, -0.1) is 0 Å². The Labute approximate surface area is 120 Å². The van der Waals surface area contributed by atoms with E-state index in [9.17, 15) is 0 Å². The number of rotatable bonds is 7. The number of para-hydroxylation sites is 1. The number of methoxy groups -OCH3 is 1. The zero-order valence-electron chi connectivity index (χ0n) is 12.0. The third kappa shape index (κ3) is 4.28. The van der Waals surface area contributed by atoms with Crippen molar-refractivity contribution in [2.75, 3.05) is 20.3 Å². The van der Waals surface area contributed by atoms with Crippen molar-refractivity contribution < 1.29 is 14.2 Å². The highest BCUT2D eigenvalue weighted by molar-refractivity contribution is 5.45. The molecular weight excluding hydrogens is 252 g/mol. The van der Waals surface area contributed by atoms with E-state index in [2.05, 4.69) is 0 Å². The van der Waals surface area contributed by atoms with Crippen molar-refractivity contribution in [3.05, 3.63) is 54.1 Å². The summed E-state index contributed by atoms with van der Waals surface area (Å²) in [4.78, 5) is 0. The van der Waals surface area contributed by atoms with E-state index in [0.717, 1.165) is 29.2 Å². The molecule has 0 saturated carbocycles. The maximum absolute atomic E-state index is 5.87. The molecule has 0 saturated heterocycles. The van der Waals surface area contributed by atoms with Gasteiger partial charge < -0.3 is 14.2 Å². The Morgan fingerprint density at radius 2 is 1.70 bits per heavy atom. The van der Waals surface area contributed by atoms with Gasteiger partial charge in [0.05, 0.1) is 6.61 Å². The van der Waals surface area contributed by atoms with Crippen LogP contribution < -0.4 is 9.47 Å². The van der Waals surface area contributed by atoms with Gasteiger partial charge in [0.25, 0.3) is 0 Å². The highest BCUT2D eigenvalue weighted by Gasteiger charge is 2.06. The normalized spacial score (nSPS) is 10.3. The van der Waals surface area contributed by atoms with Crippen LogP contribution in [-0.4, -0.2) is 20.3 Å². The zero-order valence-corrected chi connectivity index (χ0v) is 12.0. The van der Waals surface area contributed by atoms with E-state index in [4.69, 9.17) is 14.2 Å². The van der Waals surface area contributed by atoms with Crippen LogP contribution in [0.1, 0.15) is 12.0 Å². The SMILES string of the molecule is COCCCOc1cc(C)ccc1Oc1ccccc1. The molecule has 2 aromatic carbocycles. The summed E-state index contributed by atoms with van der Waals surface area (Å²) >= 11 is 0. The van der Waals surface area contributed by atoms with Gasteiger partial charge in [-0.05, 0) is 36.8 Å².